The van der Waals surface area contributed by atoms with E-state index in [0.717, 1.165) is 10.0 Å². The molecule has 1 aromatic heterocycles. The number of fused-ring (bicyclic) bond motifs is 1. The minimum Gasteiger partial charge on any atom is -0.423 e. The summed E-state index contributed by atoms with van der Waals surface area (Å²) in [4.78, 5) is 16.3. The number of hydrogen-bond donors (Lipinski definition) is 1. The molecule has 0 fully saturated rings. The smallest absolute Gasteiger partial charge is 0.294 e. The van der Waals surface area contributed by atoms with Gasteiger partial charge in [0.15, 0.2) is 5.82 Å². The number of rotatable bonds is 2. The SMILES string of the molecule is O=c1c2ccccc2nc(C=Cc2ccc(Br)cc2)n1O. The summed E-state index contributed by atoms with van der Waals surface area (Å²) in [5.74, 6) is 0.196. The van der Waals surface area contributed by atoms with Crippen molar-refractivity contribution in [2.75, 3.05) is 0 Å². The fraction of sp³-hybridized carbons (Fsp3) is 0. The molecule has 1 N–H and O–H groups in total. The van der Waals surface area contributed by atoms with E-state index < -0.39 is 5.56 Å². The third-order valence-corrected chi connectivity index (χ3v) is 3.60. The normalized spacial score (nSPS) is 11.3. The van der Waals surface area contributed by atoms with Gasteiger partial charge in [-0.1, -0.05) is 46.3 Å². The Labute approximate surface area is 129 Å². The van der Waals surface area contributed by atoms with Crippen LogP contribution in [0.4, 0.5) is 0 Å². The van der Waals surface area contributed by atoms with Gasteiger partial charge in [-0.25, -0.2) is 4.98 Å². The fourth-order valence-corrected chi connectivity index (χ4v) is 2.26. The Morgan fingerprint density at radius 1 is 1.05 bits per heavy atom. The van der Waals surface area contributed by atoms with Gasteiger partial charge in [0.25, 0.3) is 5.56 Å². The molecule has 1 heterocycles. The number of nitrogens with zero attached hydrogens (tertiary/aromatic N) is 2. The zero-order valence-electron chi connectivity index (χ0n) is 10.9. The molecule has 0 unspecified atom stereocenters. The second kappa shape index (κ2) is 5.54. The molecule has 104 valence electrons. The Bertz CT molecular complexity index is 883. The zero-order chi connectivity index (χ0) is 14.8. The third kappa shape index (κ3) is 2.73. The molecule has 3 aromatic rings. The molecule has 2 aromatic carbocycles. The van der Waals surface area contributed by atoms with Crippen LogP contribution in [0.25, 0.3) is 23.1 Å². The maximum atomic E-state index is 12.0. The summed E-state index contributed by atoms with van der Waals surface area (Å²) >= 11 is 3.37. The predicted molar refractivity (Wildman–Crippen MR) is 86.3 cm³/mol. The molecule has 0 bridgehead atoms. The Balaban J connectivity index is 2.06. The molecule has 0 spiro atoms. The van der Waals surface area contributed by atoms with Crippen molar-refractivity contribution in [1.82, 2.24) is 9.71 Å². The maximum Gasteiger partial charge on any atom is 0.294 e. The van der Waals surface area contributed by atoms with Crippen molar-refractivity contribution < 1.29 is 5.21 Å². The van der Waals surface area contributed by atoms with E-state index in [1.807, 2.05) is 24.3 Å². The van der Waals surface area contributed by atoms with Crippen LogP contribution in [-0.4, -0.2) is 14.9 Å². The van der Waals surface area contributed by atoms with Crippen LogP contribution in [0.1, 0.15) is 11.4 Å². The predicted octanol–water partition coefficient (Wildman–Crippen LogP) is 3.57. The van der Waals surface area contributed by atoms with Crippen molar-refractivity contribution in [3.63, 3.8) is 0 Å². The van der Waals surface area contributed by atoms with Crippen LogP contribution >= 0.6 is 15.9 Å². The van der Waals surface area contributed by atoms with Crippen LogP contribution in [-0.2, 0) is 0 Å². The van der Waals surface area contributed by atoms with E-state index in [2.05, 4.69) is 20.9 Å². The third-order valence-electron chi connectivity index (χ3n) is 3.07. The van der Waals surface area contributed by atoms with Crippen LogP contribution in [0.5, 0.6) is 0 Å². The molecule has 3 rings (SSSR count). The van der Waals surface area contributed by atoms with E-state index in [1.54, 1.807) is 36.4 Å². The topological polar surface area (TPSA) is 55.1 Å². The molecule has 0 saturated carbocycles. The van der Waals surface area contributed by atoms with Gasteiger partial charge < -0.3 is 5.21 Å². The van der Waals surface area contributed by atoms with Crippen molar-refractivity contribution in [3.05, 3.63) is 74.7 Å². The molecule has 0 aliphatic heterocycles. The average Bonchev–Trinajstić information content (AvgIpc) is 2.51. The Morgan fingerprint density at radius 3 is 2.52 bits per heavy atom. The lowest BCUT2D eigenvalue weighted by Gasteiger charge is -2.03. The van der Waals surface area contributed by atoms with E-state index in [1.165, 1.54) is 0 Å². The highest BCUT2D eigenvalue weighted by molar-refractivity contribution is 9.10. The first-order valence-electron chi connectivity index (χ1n) is 6.30. The molecule has 0 radical (unpaired) electrons. The molecule has 0 aliphatic carbocycles. The zero-order valence-corrected chi connectivity index (χ0v) is 12.5. The van der Waals surface area contributed by atoms with Crippen molar-refractivity contribution >= 4 is 39.0 Å². The van der Waals surface area contributed by atoms with Gasteiger partial charge in [0.05, 0.1) is 10.9 Å². The lowest BCUT2D eigenvalue weighted by atomic mass is 10.2. The first kappa shape index (κ1) is 13.6. The van der Waals surface area contributed by atoms with Gasteiger partial charge in [0, 0.05) is 4.47 Å². The number of para-hydroxylation sites is 1. The van der Waals surface area contributed by atoms with Gasteiger partial charge in [-0.3, -0.25) is 4.79 Å². The highest BCUT2D eigenvalue weighted by atomic mass is 79.9. The van der Waals surface area contributed by atoms with Crippen LogP contribution < -0.4 is 5.56 Å². The highest BCUT2D eigenvalue weighted by Gasteiger charge is 2.07. The van der Waals surface area contributed by atoms with Crippen molar-refractivity contribution in [2.24, 2.45) is 0 Å². The number of benzene rings is 2. The second-order valence-corrected chi connectivity index (χ2v) is 5.40. The van der Waals surface area contributed by atoms with Gasteiger partial charge in [0.1, 0.15) is 0 Å². The van der Waals surface area contributed by atoms with Gasteiger partial charge in [0.2, 0.25) is 0 Å². The number of aromatic nitrogens is 2. The highest BCUT2D eigenvalue weighted by Crippen LogP contribution is 2.13. The van der Waals surface area contributed by atoms with Gasteiger partial charge >= 0.3 is 0 Å². The molecular weight excluding hydrogens is 332 g/mol. The molecule has 0 saturated heterocycles. The minimum atomic E-state index is -0.476. The number of halogens is 1. The Kier molecular flexibility index (Phi) is 3.58. The summed E-state index contributed by atoms with van der Waals surface area (Å²) < 4.78 is 1.56. The van der Waals surface area contributed by atoms with Gasteiger partial charge in [-0.05, 0) is 35.9 Å². The summed E-state index contributed by atoms with van der Waals surface area (Å²) in [6.07, 6.45) is 3.40. The van der Waals surface area contributed by atoms with E-state index in [0.29, 0.717) is 15.6 Å². The van der Waals surface area contributed by atoms with E-state index >= 15 is 0 Å². The van der Waals surface area contributed by atoms with Gasteiger partial charge in [-0.15, -0.1) is 4.73 Å². The van der Waals surface area contributed by atoms with Crippen molar-refractivity contribution in [3.8, 4) is 0 Å². The van der Waals surface area contributed by atoms with E-state index in [9.17, 15) is 10.0 Å². The molecular formula is C16H11BrN2O2. The Morgan fingerprint density at radius 2 is 1.76 bits per heavy atom. The van der Waals surface area contributed by atoms with E-state index in [-0.39, 0.29) is 5.82 Å². The summed E-state index contributed by atoms with van der Waals surface area (Å²) in [6, 6.07) is 14.6. The average molecular weight is 343 g/mol. The summed E-state index contributed by atoms with van der Waals surface area (Å²) in [6.45, 7) is 0. The van der Waals surface area contributed by atoms with Crippen LogP contribution in [0.3, 0.4) is 0 Å². The quantitative estimate of drug-likeness (QED) is 0.724. The van der Waals surface area contributed by atoms with Crippen molar-refractivity contribution in [2.45, 2.75) is 0 Å². The summed E-state index contributed by atoms with van der Waals surface area (Å²) in [5, 5.41) is 10.3. The van der Waals surface area contributed by atoms with Crippen LogP contribution in [0.2, 0.25) is 0 Å². The monoisotopic (exact) mass is 342 g/mol. The summed E-state index contributed by atoms with van der Waals surface area (Å²) in [5.41, 5.74) is 1.03. The fourth-order valence-electron chi connectivity index (χ4n) is 1.99. The first-order chi connectivity index (χ1) is 10.1. The second-order valence-electron chi connectivity index (χ2n) is 4.49. The van der Waals surface area contributed by atoms with Crippen molar-refractivity contribution in [1.29, 1.82) is 0 Å². The molecule has 4 nitrogen and oxygen atoms in total. The van der Waals surface area contributed by atoms with Crippen LogP contribution in [0.15, 0.2) is 57.8 Å². The minimum absolute atomic E-state index is 0.196. The lowest BCUT2D eigenvalue weighted by molar-refractivity contribution is 0.171. The molecule has 5 heteroatoms. The van der Waals surface area contributed by atoms with Crippen LogP contribution in [0, 0.1) is 0 Å². The molecule has 0 aliphatic rings. The lowest BCUT2D eigenvalue weighted by Crippen LogP contribution is -2.21. The largest absolute Gasteiger partial charge is 0.423 e. The summed E-state index contributed by atoms with van der Waals surface area (Å²) in [7, 11) is 0. The number of hydrogen-bond acceptors (Lipinski definition) is 3. The molecule has 0 atom stereocenters. The Hall–Kier alpha value is -2.40. The first-order valence-corrected chi connectivity index (χ1v) is 7.09. The van der Waals surface area contributed by atoms with Gasteiger partial charge in [-0.2, -0.15) is 0 Å². The molecule has 0 amide bonds. The molecule has 21 heavy (non-hydrogen) atoms. The standard InChI is InChI=1S/C16H11BrN2O2/c17-12-8-5-11(6-9-12)7-10-15-18-14-4-2-1-3-13(14)16(20)19(15)21/h1-10,21H. The van der Waals surface area contributed by atoms with E-state index in [4.69, 9.17) is 0 Å². The maximum absolute atomic E-state index is 12.0.